The molecule has 134 valence electrons. The van der Waals surface area contributed by atoms with Crippen molar-refractivity contribution in [1.29, 1.82) is 0 Å². The fourth-order valence-corrected chi connectivity index (χ4v) is 3.01. The lowest BCUT2D eigenvalue weighted by Gasteiger charge is -2.10. The van der Waals surface area contributed by atoms with Crippen LogP contribution < -0.4 is 9.75 Å². The monoisotopic (exact) mass is 357 g/mol. The molecule has 4 rings (SSSR count). The molecule has 0 fully saturated rings. The van der Waals surface area contributed by atoms with Gasteiger partial charge in [-0.05, 0) is 61.0 Å². The Morgan fingerprint density at radius 1 is 0.963 bits per heavy atom. The summed E-state index contributed by atoms with van der Waals surface area (Å²) in [5.41, 5.74) is 4.04. The lowest BCUT2D eigenvalue weighted by atomic mass is 10.1. The van der Waals surface area contributed by atoms with Gasteiger partial charge in [0.1, 0.15) is 5.75 Å². The number of anilines is 1. The Balaban J connectivity index is 1.60. The summed E-state index contributed by atoms with van der Waals surface area (Å²) in [6, 6.07) is 19.2. The Morgan fingerprint density at radius 2 is 1.70 bits per heavy atom. The van der Waals surface area contributed by atoms with Gasteiger partial charge in [0.15, 0.2) is 0 Å². The van der Waals surface area contributed by atoms with Crippen LogP contribution in [0.1, 0.15) is 12.5 Å². The van der Waals surface area contributed by atoms with E-state index in [4.69, 9.17) is 4.74 Å². The first-order valence-electron chi connectivity index (χ1n) is 8.65. The van der Waals surface area contributed by atoms with Crippen molar-refractivity contribution in [2.45, 2.75) is 6.92 Å². The third-order valence-electron chi connectivity index (χ3n) is 4.46. The van der Waals surface area contributed by atoms with Crippen molar-refractivity contribution >= 4 is 23.4 Å². The summed E-state index contributed by atoms with van der Waals surface area (Å²) < 4.78 is 7.20. The molecule has 1 amide bonds. The molecule has 2 heterocycles. The van der Waals surface area contributed by atoms with E-state index in [1.165, 1.54) is 5.01 Å². The van der Waals surface area contributed by atoms with Gasteiger partial charge < -0.3 is 9.30 Å². The van der Waals surface area contributed by atoms with E-state index >= 15 is 0 Å². The summed E-state index contributed by atoms with van der Waals surface area (Å²) in [6.07, 6.45) is 5.83. The number of hydrogen-bond donors (Lipinski definition) is 0. The molecule has 27 heavy (non-hydrogen) atoms. The predicted molar refractivity (Wildman–Crippen MR) is 107 cm³/mol. The first-order chi connectivity index (χ1) is 13.2. The van der Waals surface area contributed by atoms with Crippen molar-refractivity contribution < 1.29 is 9.53 Å². The van der Waals surface area contributed by atoms with Gasteiger partial charge in [-0.2, -0.15) is 10.1 Å². The molecule has 5 heteroatoms. The molecule has 1 aromatic heterocycles. The molecule has 0 radical (unpaired) electrons. The molecule has 0 atom stereocenters. The van der Waals surface area contributed by atoms with Crippen LogP contribution in [0.4, 0.5) is 5.69 Å². The van der Waals surface area contributed by atoms with Gasteiger partial charge in [-0.1, -0.05) is 18.2 Å². The maximum Gasteiger partial charge on any atom is 0.280 e. The average molecular weight is 357 g/mol. The smallest absolute Gasteiger partial charge is 0.280 e. The number of rotatable bonds is 4. The highest BCUT2D eigenvalue weighted by atomic mass is 16.5. The third kappa shape index (κ3) is 3.27. The molecule has 0 bridgehead atoms. The second-order valence-electron chi connectivity index (χ2n) is 6.25. The summed E-state index contributed by atoms with van der Waals surface area (Å²) in [5, 5.41) is 5.86. The molecule has 0 aliphatic carbocycles. The van der Waals surface area contributed by atoms with E-state index in [1.54, 1.807) is 7.11 Å². The average Bonchev–Trinajstić information content (AvgIpc) is 3.29. The van der Waals surface area contributed by atoms with Gasteiger partial charge in [-0.15, -0.1) is 0 Å². The fraction of sp³-hybridized carbons (Fsp3) is 0.0909. The quantitative estimate of drug-likeness (QED) is 0.654. The van der Waals surface area contributed by atoms with Crippen molar-refractivity contribution in [3.63, 3.8) is 0 Å². The van der Waals surface area contributed by atoms with Gasteiger partial charge in [-0.25, -0.2) is 0 Å². The molecule has 0 unspecified atom stereocenters. The van der Waals surface area contributed by atoms with Crippen molar-refractivity contribution in [3.05, 3.63) is 84.2 Å². The molecular formula is C22H19N3O2. The summed E-state index contributed by atoms with van der Waals surface area (Å²) in [4.78, 5) is 12.8. The number of ether oxygens (including phenoxy) is 1. The topological polar surface area (TPSA) is 46.8 Å². The van der Waals surface area contributed by atoms with Gasteiger partial charge in [0, 0.05) is 18.1 Å². The van der Waals surface area contributed by atoms with Crippen LogP contribution in [0.2, 0.25) is 0 Å². The first-order valence-corrected chi connectivity index (χ1v) is 8.65. The molecule has 1 aliphatic heterocycles. The van der Waals surface area contributed by atoms with E-state index in [1.807, 2.05) is 90.6 Å². The molecular weight excluding hydrogens is 338 g/mol. The minimum absolute atomic E-state index is 0.115. The molecule has 3 aromatic rings. The maximum atomic E-state index is 12.8. The summed E-state index contributed by atoms with van der Waals surface area (Å²) in [7, 11) is 1.65. The second-order valence-corrected chi connectivity index (χ2v) is 6.25. The normalized spacial score (nSPS) is 15.3. The standard InChI is InChI=1S/C22H19N3O2/c1-16-21(22(26)25(23-16)19-6-4-3-5-7-19)14-17-12-13-24(15-17)18-8-10-20(27-2)11-9-18/h3-15H,1-2H3/b21-14-. The highest BCUT2D eigenvalue weighted by molar-refractivity contribution is 6.32. The summed E-state index contributed by atoms with van der Waals surface area (Å²) in [5.74, 6) is 0.702. The number of carbonyl (C=O) groups excluding carboxylic acids is 1. The molecule has 5 nitrogen and oxygen atoms in total. The van der Waals surface area contributed by atoms with Crippen LogP contribution in [-0.4, -0.2) is 23.3 Å². The molecule has 0 saturated heterocycles. The number of nitrogens with zero attached hydrogens (tertiary/aromatic N) is 3. The van der Waals surface area contributed by atoms with Crippen LogP contribution in [-0.2, 0) is 4.79 Å². The van der Waals surface area contributed by atoms with E-state index in [0.717, 1.165) is 22.7 Å². The Labute approximate surface area is 157 Å². The summed E-state index contributed by atoms with van der Waals surface area (Å²) >= 11 is 0. The van der Waals surface area contributed by atoms with Crippen LogP contribution >= 0.6 is 0 Å². The van der Waals surface area contributed by atoms with Crippen molar-refractivity contribution in [2.24, 2.45) is 5.10 Å². The number of amides is 1. The second kappa shape index (κ2) is 6.96. The van der Waals surface area contributed by atoms with E-state index in [-0.39, 0.29) is 5.91 Å². The van der Waals surface area contributed by atoms with Crippen LogP contribution in [0.5, 0.6) is 5.75 Å². The van der Waals surface area contributed by atoms with Crippen LogP contribution in [0.3, 0.4) is 0 Å². The van der Waals surface area contributed by atoms with Crippen LogP contribution in [0.15, 0.2) is 83.7 Å². The van der Waals surface area contributed by atoms with Crippen molar-refractivity contribution in [2.75, 3.05) is 12.1 Å². The van der Waals surface area contributed by atoms with E-state index in [9.17, 15) is 4.79 Å². The number of methoxy groups -OCH3 is 1. The van der Waals surface area contributed by atoms with Crippen LogP contribution in [0.25, 0.3) is 11.8 Å². The summed E-state index contributed by atoms with van der Waals surface area (Å²) in [6.45, 7) is 1.85. The van der Waals surface area contributed by atoms with Crippen LogP contribution in [0, 0.1) is 0 Å². The number of benzene rings is 2. The lowest BCUT2D eigenvalue weighted by Crippen LogP contribution is -2.21. The SMILES string of the molecule is COc1ccc(-n2ccc(/C=C3\C(=O)N(c4ccccc4)N=C3C)c2)cc1. The zero-order valence-electron chi connectivity index (χ0n) is 15.2. The highest BCUT2D eigenvalue weighted by Crippen LogP contribution is 2.25. The number of hydrogen-bond acceptors (Lipinski definition) is 3. The fourth-order valence-electron chi connectivity index (χ4n) is 3.01. The third-order valence-corrected chi connectivity index (χ3v) is 4.46. The Kier molecular flexibility index (Phi) is 4.34. The number of aromatic nitrogens is 1. The van der Waals surface area contributed by atoms with E-state index in [2.05, 4.69) is 5.10 Å². The van der Waals surface area contributed by atoms with Gasteiger partial charge in [0.05, 0.1) is 24.1 Å². The Morgan fingerprint density at radius 3 is 2.41 bits per heavy atom. The number of para-hydroxylation sites is 1. The van der Waals surface area contributed by atoms with E-state index < -0.39 is 0 Å². The zero-order chi connectivity index (χ0) is 18.8. The van der Waals surface area contributed by atoms with Gasteiger partial charge in [0.25, 0.3) is 5.91 Å². The first kappa shape index (κ1) is 16.8. The van der Waals surface area contributed by atoms with Gasteiger partial charge in [-0.3, -0.25) is 4.79 Å². The maximum absolute atomic E-state index is 12.8. The molecule has 0 N–H and O–H groups in total. The predicted octanol–water partition coefficient (Wildman–Crippen LogP) is 4.29. The molecule has 1 aliphatic rings. The van der Waals surface area contributed by atoms with E-state index in [0.29, 0.717) is 11.3 Å². The van der Waals surface area contributed by atoms with Gasteiger partial charge >= 0.3 is 0 Å². The highest BCUT2D eigenvalue weighted by Gasteiger charge is 2.28. The zero-order valence-corrected chi connectivity index (χ0v) is 15.2. The minimum atomic E-state index is -0.115. The lowest BCUT2D eigenvalue weighted by molar-refractivity contribution is -0.114. The Bertz CT molecular complexity index is 1030. The van der Waals surface area contributed by atoms with Crippen molar-refractivity contribution in [1.82, 2.24) is 4.57 Å². The Hall–Kier alpha value is -3.60. The van der Waals surface area contributed by atoms with Crippen molar-refractivity contribution in [3.8, 4) is 11.4 Å². The molecule has 2 aromatic carbocycles. The molecule has 0 saturated carbocycles. The minimum Gasteiger partial charge on any atom is -0.497 e. The molecule has 0 spiro atoms. The van der Waals surface area contributed by atoms with Gasteiger partial charge in [0.2, 0.25) is 0 Å². The number of hydrazone groups is 1. The largest absolute Gasteiger partial charge is 0.497 e. The number of carbonyl (C=O) groups is 1.